The molecule has 112 valence electrons. The van der Waals surface area contributed by atoms with Gasteiger partial charge in [0.15, 0.2) is 0 Å². The smallest absolute Gasteiger partial charge is 0.122 e. The molecular weight excluding hydrogens is 248 g/mol. The molecule has 0 saturated heterocycles. The third-order valence-electron chi connectivity index (χ3n) is 3.70. The van der Waals surface area contributed by atoms with Crippen molar-refractivity contribution in [2.75, 3.05) is 6.61 Å². The number of nitrogens with zero attached hydrogens (tertiary/aromatic N) is 1. The minimum absolute atomic E-state index is 0.726. The number of ether oxygens (including phenoxy) is 1. The maximum atomic E-state index is 5.81. The zero-order valence-electron chi connectivity index (χ0n) is 12.7. The van der Waals surface area contributed by atoms with E-state index in [1.165, 1.54) is 44.9 Å². The van der Waals surface area contributed by atoms with E-state index in [2.05, 4.69) is 23.3 Å². The standard InChI is InChI=1S/C17H28N2O/c1-2-3-4-5-6-7-12-20-17-10-11-18-16(13-17)14-19-15-8-9-15/h10-11,13,15,19H,2-9,12,14H2,1H3. The van der Waals surface area contributed by atoms with Crippen molar-refractivity contribution in [1.29, 1.82) is 0 Å². The Morgan fingerprint density at radius 2 is 2.00 bits per heavy atom. The zero-order valence-corrected chi connectivity index (χ0v) is 12.7. The summed E-state index contributed by atoms with van der Waals surface area (Å²) >= 11 is 0. The average Bonchev–Trinajstić information content (AvgIpc) is 3.29. The molecule has 0 bridgehead atoms. The van der Waals surface area contributed by atoms with Crippen molar-refractivity contribution in [3.63, 3.8) is 0 Å². The Bertz CT molecular complexity index is 377. The van der Waals surface area contributed by atoms with E-state index in [1.807, 2.05) is 12.3 Å². The van der Waals surface area contributed by atoms with E-state index >= 15 is 0 Å². The van der Waals surface area contributed by atoms with Crippen LogP contribution in [0.25, 0.3) is 0 Å². The summed E-state index contributed by atoms with van der Waals surface area (Å²) in [6.45, 7) is 3.94. The van der Waals surface area contributed by atoms with Gasteiger partial charge in [0.05, 0.1) is 12.3 Å². The van der Waals surface area contributed by atoms with Gasteiger partial charge in [0, 0.05) is 24.8 Å². The molecule has 0 radical (unpaired) electrons. The van der Waals surface area contributed by atoms with Crippen LogP contribution in [-0.4, -0.2) is 17.6 Å². The molecule has 20 heavy (non-hydrogen) atoms. The molecular formula is C17H28N2O. The van der Waals surface area contributed by atoms with Crippen LogP contribution in [0, 0.1) is 0 Å². The molecule has 2 rings (SSSR count). The van der Waals surface area contributed by atoms with Crippen molar-refractivity contribution < 1.29 is 4.74 Å². The monoisotopic (exact) mass is 276 g/mol. The lowest BCUT2D eigenvalue weighted by molar-refractivity contribution is 0.303. The first kappa shape index (κ1) is 15.3. The van der Waals surface area contributed by atoms with Gasteiger partial charge in [0.2, 0.25) is 0 Å². The highest BCUT2D eigenvalue weighted by Crippen LogP contribution is 2.19. The fourth-order valence-corrected chi connectivity index (χ4v) is 2.25. The minimum Gasteiger partial charge on any atom is -0.493 e. The number of rotatable bonds is 11. The van der Waals surface area contributed by atoms with Crippen molar-refractivity contribution in [3.8, 4) is 5.75 Å². The highest BCUT2D eigenvalue weighted by molar-refractivity contribution is 5.22. The van der Waals surface area contributed by atoms with E-state index in [0.717, 1.165) is 37.1 Å². The molecule has 3 heteroatoms. The molecule has 0 unspecified atom stereocenters. The summed E-state index contributed by atoms with van der Waals surface area (Å²) in [5, 5.41) is 3.48. The molecule has 1 aliphatic carbocycles. The molecule has 1 aromatic rings. The fourth-order valence-electron chi connectivity index (χ4n) is 2.25. The van der Waals surface area contributed by atoms with Crippen molar-refractivity contribution in [1.82, 2.24) is 10.3 Å². The van der Waals surface area contributed by atoms with Crippen LogP contribution < -0.4 is 10.1 Å². The maximum Gasteiger partial charge on any atom is 0.122 e. The first-order valence-corrected chi connectivity index (χ1v) is 8.19. The molecule has 3 nitrogen and oxygen atoms in total. The van der Waals surface area contributed by atoms with Crippen LogP contribution in [0.2, 0.25) is 0 Å². The first-order valence-electron chi connectivity index (χ1n) is 8.19. The normalized spacial score (nSPS) is 14.4. The number of nitrogens with one attached hydrogen (secondary N) is 1. The van der Waals surface area contributed by atoms with Gasteiger partial charge in [-0.1, -0.05) is 39.0 Å². The molecule has 0 atom stereocenters. The Kier molecular flexibility index (Phi) is 6.85. The molecule has 0 aliphatic heterocycles. The summed E-state index contributed by atoms with van der Waals surface area (Å²) in [5.74, 6) is 0.959. The molecule has 0 aromatic carbocycles. The molecule has 0 amide bonds. The first-order chi connectivity index (χ1) is 9.88. The summed E-state index contributed by atoms with van der Waals surface area (Å²) in [4.78, 5) is 4.37. The highest BCUT2D eigenvalue weighted by Gasteiger charge is 2.20. The molecule has 1 heterocycles. The number of hydrogen-bond acceptors (Lipinski definition) is 3. The van der Waals surface area contributed by atoms with Gasteiger partial charge >= 0.3 is 0 Å². The number of hydrogen-bond donors (Lipinski definition) is 1. The molecule has 1 saturated carbocycles. The second-order valence-electron chi connectivity index (χ2n) is 5.75. The highest BCUT2D eigenvalue weighted by atomic mass is 16.5. The van der Waals surface area contributed by atoms with E-state index < -0.39 is 0 Å². The van der Waals surface area contributed by atoms with Gasteiger partial charge in [-0.15, -0.1) is 0 Å². The Hall–Kier alpha value is -1.09. The van der Waals surface area contributed by atoms with Gasteiger partial charge in [-0.3, -0.25) is 4.98 Å². The lowest BCUT2D eigenvalue weighted by Crippen LogP contribution is -2.16. The second kappa shape index (κ2) is 8.96. The van der Waals surface area contributed by atoms with Crippen molar-refractivity contribution >= 4 is 0 Å². The van der Waals surface area contributed by atoms with E-state index in [-0.39, 0.29) is 0 Å². The van der Waals surface area contributed by atoms with Gasteiger partial charge in [-0.05, 0) is 25.3 Å². The summed E-state index contributed by atoms with van der Waals surface area (Å²) in [6.07, 6.45) is 12.3. The molecule has 1 N–H and O–H groups in total. The van der Waals surface area contributed by atoms with Crippen LogP contribution >= 0.6 is 0 Å². The number of aromatic nitrogens is 1. The lowest BCUT2D eigenvalue weighted by Gasteiger charge is -2.08. The summed E-state index contributed by atoms with van der Waals surface area (Å²) in [6, 6.07) is 4.74. The Labute approximate surface area is 123 Å². The van der Waals surface area contributed by atoms with E-state index in [9.17, 15) is 0 Å². The Morgan fingerprint density at radius 3 is 2.80 bits per heavy atom. The number of unbranched alkanes of at least 4 members (excludes halogenated alkanes) is 5. The summed E-state index contributed by atoms with van der Waals surface area (Å²) < 4.78 is 5.81. The van der Waals surface area contributed by atoms with E-state index in [0.29, 0.717) is 0 Å². The van der Waals surface area contributed by atoms with Crippen LogP contribution in [0.15, 0.2) is 18.3 Å². The maximum absolute atomic E-state index is 5.81. The largest absolute Gasteiger partial charge is 0.493 e. The zero-order chi connectivity index (χ0) is 14.0. The molecule has 1 aromatic heterocycles. The third-order valence-corrected chi connectivity index (χ3v) is 3.70. The lowest BCUT2D eigenvalue weighted by atomic mass is 10.1. The summed E-state index contributed by atoms with van der Waals surface area (Å²) in [7, 11) is 0. The van der Waals surface area contributed by atoms with Crippen molar-refractivity contribution in [2.24, 2.45) is 0 Å². The Morgan fingerprint density at radius 1 is 1.20 bits per heavy atom. The van der Waals surface area contributed by atoms with Gasteiger partial charge < -0.3 is 10.1 Å². The third kappa shape index (κ3) is 6.38. The van der Waals surface area contributed by atoms with Gasteiger partial charge in [-0.2, -0.15) is 0 Å². The molecule has 0 spiro atoms. The van der Waals surface area contributed by atoms with Crippen molar-refractivity contribution in [3.05, 3.63) is 24.0 Å². The predicted octanol–water partition coefficient (Wildman–Crippen LogP) is 4.07. The predicted molar refractivity (Wildman–Crippen MR) is 83.0 cm³/mol. The minimum atomic E-state index is 0.726. The van der Waals surface area contributed by atoms with Crippen LogP contribution in [-0.2, 0) is 6.54 Å². The number of pyridine rings is 1. The van der Waals surface area contributed by atoms with Crippen LogP contribution in [0.4, 0.5) is 0 Å². The second-order valence-corrected chi connectivity index (χ2v) is 5.75. The van der Waals surface area contributed by atoms with Crippen molar-refractivity contribution in [2.45, 2.75) is 70.9 Å². The summed E-state index contributed by atoms with van der Waals surface area (Å²) in [5.41, 5.74) is 1.08. The van der Waals surface area contributed by atoms with E-state index in [4.69, 9.17) is 4.74 Å². The topological polar surface area (TPSA) is 34.1 Å². The fraction of sp³-hybridized carbons (Fsp3) is 0.706. The molecule has 1 fully saturated rings. The van der Waals surface area contributed by atoms with Gasteiger partial charge in [0.1, 0.15) is 5.75 Å². The SMILES string of the molecule is CCCCCCCCOc1ccnc(CNC2CC2)c1. The average molecular weight is 276 g/mol. The van der Waals surface area contributed by atoms with Crippen LogP contribution in [0.5, 0.6) is 5.75 Å². The quantitative estimate of drug-likeness (QED) is 0.619. The van der Waals surface area contributed by atoms with Gasteiger partial charge in [-0.25, -0.2) is 0 Å². The van der Waals surface area contributed by atoms with Crippen LogP contribution in [0.1, 0.15) is 64.0 Å². The van der Waals surface area contributed by atoms with E-state index in [1.54, 1.807) is 0 Å². The molecule has 1 aliphatic rings. The Balaban J connectivity index is 1.58. The van der Waals surface area contributed by atoms with Crippen LogP contribution in [0.3, 0.4) is 0 Å². The van der Waals surface area contributed by atoms with Gasteiger partial charge in [0.25, 0.3) is 0 Å².